The van der Waals surface area contributed by atoms with Gasteiger partial charge in [-0.15, -0.1) is 0 Å². The fourth-order valence-corrected chi connectivity index (χ4v) is 5.14. The fourth-order valence-electron chi connectivity index (χ4n) is 0.616. The Morgan fingerprint density at radius 1 is 0.667 bits per heavy atom. The van der Waals surface area contributed by atoms with Crippen molar-refractivity contribution in [3.63, 3.8) is 0 Å². The van der Waals surface area contributed by atoms with Gasteiger partial charge in [0.1, 0.15) is 23.3 Å². The summed E-state index contributed by atoms with van der Waals surface area (Å²) in [6.07, 6.45) is 0. The van der Waals surface area contributed by atoms with Crippen LogP contribution in [0.1, 0.15) is 0 Å². The monoisotopic (exact) mass is 1100 g/mol. The van der Waals surface area contributed by atoms with E-state index in [0.717, 1.165) is 0 Å². The molecular formula is C4H8Cl2O14P4Pb3. The number of aliphatic hydroxyl groups excluding tert-OH is 2. The van der Waals surface area contributed by atoms with Crippen LogP contribution in [0.25, 0.3) is 0 Å². The fraction of sp³-hybridized carbons (Fsp3) is 1.00. The molecule has 0 aliphatic carbocycles. The summed E-state index contributed by atoms with van der Waals surface area (Å²) < 4.78 is 48.2. The second-order valence-electron chi connectivity index (χ2n) is 3.33. The number of hydrogen-bond donors (Lipinski definition) is 2. The van der Waals surface area contributed by atoms with Gasteiger partial charge in [-0.1, -0.05) is 23.2 Å². The average molecular weight is 1100 g/mol. The topological polar surface area (TPSA) is 266 Å². The van der Waals surface area contributed by atoms with Crippen LogP contribution in [0.4, 0.5) is 0 Å². The first-order chi connectivity index (χ1) is 10.4. The number of alkyl halides is 2. The summed E-state index contributed by atoms with van der Waals surface area (Å²) in [5, 5.41) is 16.8. The molecule has 0 aromatic carbocycles. The van der Waals surface area contributed by atoms with Crippen LogP contribution in [0.2, 0.25) is 0 Å². The predicted molar refractivity (Wildman–Crippen MR) is 83.3 cm³/mol. The van der Waals surface area contributed by atoms with Gasteiger partial charge in [0, 0.05) is 0 Å². The van der Waals surface area contributed by atoms with Gasteiger partial charge >= 0.3 is 81.9 Å². The van der Waals surface area contributed by atoms with Gasteiger partial charge in [0.25, 0.3) is 0 Å². The summed E-state index contributed by atoms with van der Waals surface area (Å²) in [5.74, 6) is 0. The SMILES string of the molecule is O=P([O-])([O-])C(O)P(=O)([O-])OCCl.O=P([O-])([O-])C(O)P(=O)([O-])OCCl.[Pb+2].[Pb+2].[Pb+2]. The molecule has 14 nitrogen and oxygen atoms in total. The minimum atomic E-state index is -5.61. The molecule has 0 rings (SSSR count). The number of rotatable bonds is 8. The van der Waals surface area contributed by atoms with Crippen molar-refractivity contribution in [1.29, 1.82) is 0 Å². The Balaban J connectivity index is -0.000000108. The summed E-state index contributed by atoms with van der Waals surface area (Å²) in [6, 6.07) is -1.73. The Bertz CT molecular complexity index is 531. The van der Waals surface area contributed by atoms with Gasteiger partial charge in [0.15, 0.2) is 15.2 Å². The van der Waals surface area contributed by atoms with E-state index in [2.05, 4.69) is 9.05 Å². The van der Waals surface area contributed by atoms with Crippen LogP contribution in [-0.2, 0) is 27.3 Å². The largest absolute Gasteiger partial charge is 2.00 e. The van der Waals surface area contributed by atoms with Crippen LogP contribution < -0.4 is 29.4 Å². The molecule has 154 valence electrons. The maximum absolute atomic E-state index is 10.5. The van der Waals surface area contributed by atoms with Crippen molar-refractivity contribution in [2.75, 3.05) is 12.1 Å². The molecule has 0 aliphatic rings. The average Bonchev–Trinajstić information content (AvgIpc) is 2.35. The van der Waals surface area contributed by atoms with Crippen molar-refractivity contribution < 1.29 is 66.9 Å². The smallest absolute Gasteiger partial charge is 0.809 e. The van der Waals surface area contributed by atoms with Gasteiger partial charge in [-0.2, -0.15) is 0 Å². The van der Waals surface area contributed by atoms with Crippen molar-refractivity contribution in [3.8, 4) is 0 Å². The van der Waals surface area contributed by atoms with Crippen molar-refractivity contribution >= 4 is 135 Å². The Kier molecular flexibility index (Phi) is 26.5. The molecule has 0 aliphatic heterocycles. The molecule has 0 aromatic heterocycles. The van der Waals surface area contributed by atoms with E-state index in [1.807, 2.05) is 0 Å². The number of hydrogen-bond acceptors (Lipinski definition) is 14. The van der Waals surface area contributed by atoms with Crippen LogP contribution in [0.5, 0.6) is 0 Å². The molecule has 0 fully saturated rings. The Morgan fingerprint density at radius 3 is 0.963 bits per heavy atom. The summed E-state index contributed by atoms with van der Waals surface area (Å²) in [7, 11) is -21.5. The molecule has 0 spiro atoms. The Labute approximate surface area is 223 Å². The maximum atomic E-state index is 10.5. The third kappa shape index (κ3) is 18.0. The van der Waals surface area contributed by atoms with Crippen molar-refractivity contribution in [3.05, 3.63) is 0 Å². The second-order valence-corrected chi connectivity index (χ2v) is 11.4. The van der Waals surface area contributed by atoms with Crippen molar-refractivity contribution in [2.45, 2.75) is 11.2 Å². The summed E-state index contributed by atoms with van der Waals surface area (Å²) >= 11 is 9.56. The van der Waals surface area contributed by atoms with E-state index < -0.39 is 53.7 Å². The minimum Gasteiger partial charge on any atom is -0.809 e. The zero-order valence-corrected chi connectivity index (χ0v) is 29.2. The van der Waals surface area contributed by atoms with Crippen LogP contribution in [0.3, 0.4) is 0 Å². The van der Waals surface area contributed by atoms with E-state index in [-0.39, 0.29) is 81.9 Å². The van der Waals surface area contributed by atoms with Gasteiger partial charge in [-0.3, -0.25) is 0 Å². The standard InChI is InChI=1S/2C2H7ClO7P2.3Pb/c2*3-1-10-12(8,9)2(4)11(5,6)7;;;/h2*2,4H,1H2,(H,8,9)(H2,5,6,7);;;/q;;3*+2/p-6. The van der Waals surface area contributed by atoms with Crippen LogP contribution in [0, 0.1) is 0 Å². The van der Waals surface area contributed by atoms with E-state index in [1.54, 1.807) is 0 Å². The van der Waals surface area contributed by atoms with Gasteiger partial charge in [0.05, 0.1) is 0 Å². The quantitative estimate of drug-likeness (QED) is 0.131. The van der Waals surface area contributed by atoms with Gasteiger partial charge in [0.2, 0.25) is 0 Å². The van der Waals surface area contributed by atoms with E-state index in [4.69, 9.17) is 33.4 Å². The molecule has 23 heteroatoms. The van der Waals surface area contributed by atoms with E-state index >= 15 is 0 Å². The molecule has 0 bridgehead atoms. The molecule has 0 aromatic rings. The van der Waals surface area contributed by atoms with Crippen LogP contribution in [-0.4, -0.2) is 115 Å². The first-order valence-electron chi connectivity index (χ1n) is 4.85. The molecule has 0 heterocycles. The zero-order chi connectivity index (χ0) is 20.0. The van der Waals surface area contributed by atoms with Crippen LogP contribution >= 0.6 is 53.6 Å². The van der Waals surface area contributed by atoms with E-state index in [1.165, 1.54) is 0 Å². The van der Waals surface area contributed by atoms with Gasteiger partial charge < -0.3 is 66.9 Å². The Morgan fingerprint density at radius 2 is 0.852 bits per heavy atom. The molecule has 27 heavy (non-hydrogen) atoms. The normalized spacial score (nSPS) is 17.9. The van der Waals surface area contributed by atoms with Crippen LogP contribution in [0.15, 0.2) is 0 Å². The van der Waals surface area contributed by atoms with Crippen molar-refractivity contribution in [2.24, 2.45) is 0 Å². The molecule has 6 radical (unpaired) electrons. The number of aliphatic hydroxyl groups is 2. The molecule has 4 unspecified atom stereocenters. The maximum Gasteiger partial charge on any atom is 2.00 e. The third-order valence-electron chi connectivity index (χ3n) is 1.59. The number of halogens is 2. The summed E-state index contributed by atoms with van der Waals surface area (Å²) in [4.78, 5) is 60.9. The van der Waals surface area contributed by atoms with E-state index in [0.29, 0.717) is 0 Å². The predicted octanol–water partition coefficient (Wildman–Crippen LogP) is -5.26. The summed E-state index contributed by atoms with van der Waals surface area (Å²) in [6.45, 7) is 0. The first kappa shape index (κ1) is 41.2. The molecular weight excluding hydrogens is 1090 g/mol. The van der Waals surface area contributed by atoms with Gasteiger partial charge in [-0.25, -0.2) is 0 Å². The summed E-state index contributed by atoms with van der Waals surface area (Å²) in [5.41, 5.74) is -6.16. The Hall–Kier alpha value is 3.87. The minimum absolute atomic E-state index is 0. The molecule has 0 saturated heterocycles. The van der Waals surface area contributed by atoms with Gasteiger partial charge in [-0.05, 0) is 15.2 Å². The third-order valence-corrected chi connectivity index (χ3v) is 8.75. The molecule has 0 amide bonds. The van der Waals surface area contributed by atoms with E-state index in [9.17, 15) is 47.6 Å². The second kappa shape index (κ2) is 17.4. The molecule has 2 N–H and O–H groups in total. The van der Waals surface area contributed by atoms with Crippen molar-refractivity contribution in [1.82, 2.24) is 0 Å². The first-order valence-corrected chi connectivity index (χ1v) is 12.4. The zero-order valence-electron chi connectivity index (χ0n) is 12.4. The molecule has 0 saturated carbocycles. The molecule has 4 atom stereocenters.